The Balaban J connectivity index is 1.77. The van der Waals surface area contributed by atoms with Gasteiger partial charge in [0.1, 0.15) is 17.6 Å². The molecule has 0 amide bonds. The summed E-state index contributed by atoms with van der Waals surface area (Å²) in [6.07, 6.45) is 5.26. The van der Waals surface area contributed by atoms with Gasteiger partial charge in [0, 0.05) is 5.56 Å². The van der Waals surface area contributed by atoms with Gasteiger partial charge in [-0.1, -0.05) is 11.6 Å². The minimum Gasteiger partial charge on any atom is -0.466 e. The summed E-state index contributed by atoms with van der Waals surface area (Å²) in [5.41, 5.74) is 2.89. The molecule has 1 aliphatic carbocycles. The molecular formula is C20H22N2O4. The molecule has 0 atom stereocenters. The van der Waals surface area contributed by atoms with Crippen LogP contribution in [0.1, 0.15) is 59.7 Å². The van der Waals surface area contributed by atoms with Gasteiger partial charge in [-0.2, -0.15) is 0 Å². The van der Waals surface area contributed by atoms with Gasteiger partial charge in [0.15, 0.2) is 0 Å². The second-order valence-electron chi connectivity index (χ2n) is 7.00. The molecular weight excluding hydrogens is 332 g/mol. The Bertz CT molecular complexity index is 964. The predicted molar refractivity (Wildman–Crippen MR) is 96.0 cm³/mol. The summed E-state index contributed by atoms with van der Waals surface area (Å²) >= 11 is 0. The standard InChI is InChI=1S/C20H22N2O4/c1-11-9-15(13(3)24-11)17-10-16(18-12(2)22-26-19(18)21-17)20(23)25-14-7-5-4-6-8-14/h9-10,14H,4-8H2,1-3H3. The lowest BCUT2D eigenvalue weighted by Gasteiger charge is -2.22. The number of rotatable bonds is 3. The third-order valence-corrected chi connectivity index (χ3v) is 4.98. The SMILES string of the molecule is Cc1cc(-c2cc(C(=O)OC3CCCCC3)c3c(C)noc3n2)c(C)o1. The van der Waals surface area contributed by atoms with Crippen LogP contribution in [0, 0.1) is 20.8 Å². The lowest BCUT2D eigenvalue weighted by molar-refractivity contribution is 0.0213. The summed E-state index contributed by atoms with van der Waals surface area (Å²) in [7, 11) is 0. The molecule has 0 saturated heterocycles. The molecule has 136 valence electrons. The second kappa shape index (κ2) is 6.59. The van der Waals surface area contributed by atoms with E-state index in [4.69, 9.17) is 13.7 Å². The van der Waals surface area contributed by atoms with Crippen LogP contribution in [0.15, 0.2) is 21.1 Å². The van der Waals surface area contributed by atoms with Crippen LogP contribution in [0.3, 0.4) is 0 Å². The Morgan fingerprint density at radius 2 is 1.92 bits per heavy atom. The molecule has 0 bridgehead atoms. The van der Waals surface area contributed by atoms with Gasteiger partial charge < -0.3 is 13.7 Å². The Morgan fingerprint density at radius 3 is 2.62 bits per heavy atom. The van der Waals surface area contributed by atoms with Crippen molar-refractivity contribution in [3.05, 3.63) is 34.9 Å². The first-order valence-electron chi connectivity index (χ1n) is 9.08. The molecule has 26 heavy (non-hydrogen) atoms. The van der Waals surface area contributed by atoms with Crippen molar-refractivity contribution in [2.75, 3.05) is 0 Å². The van der Waals surface area contributed by atoms with Crippen molar-refractivity contribution in [1.29, 1.82) is 0 Å². The number of nitrogens with zero attached hydrogens (tertiary/aromatic N) is 2. The number of carbonyl (C=O) groups is 1. The first-order chi connectivity index (χ1) is 12.5. The van der Waals surface area contributed by atoms with Gasteiger partial charge in [-0.3, -0.25) is 0 Å². The van der Waals surface area contributed by atoms with Crippen LogP contribution in [0.2, 0.25) is 0 Å². The van der Waals surface area contributed by atoms with Gasteiger partial charge >= 0.3 is 5.97 Å². The van der Waals surface area contributed by atoms with E-state index in [-0.39, 0.29) is 12.1 Å². The van der Waals surface area contributed by atoms with E-state index in [1.165, 1.54) is 6.42 Å². The van der Waals surface area contributed by atoms with E-state index < -0.39 is 0 Å². The maximum absolute atomic E-state index is 12.9. The molecule has 1 saturated carbocycles. The number of hydrogen-bond acceptors (Lipinski definition) is 6. The number of furan rings is 1. The van der Waals surface area contributed by atoms with Crippen molar-refractivity contribution in [2.24, 2.45) is 0 Å². The third-order valence-electron chi connectivity index (χ3n) is 4.98. The van der Waals surface area contributed by atoms with E-state index >= 15 is 0 Å². The lowest BCUT2D eigenvalue weighted by Crippen LogP contribution is -2.21. The van der Waals surface area contributed by atoms with Crippen molar-refractivity contribution in [3.63, 3.8) is 0 Å². The van der Waals surface area contributed by atoms with E-state index in [1.807, 2.05) is 19.9 Å². The number of aromatic nitrogens is 2. The number of carbonyl (C=O) groups excluding carboxylic acids is 1. The van der Waals surface area contributed by atoms with Crippen LogP contribution < -0.4 is 0 Å². The molecule has 0 unspecified atom stereocenters. The van der Waals surface area contributed by atoms with Gasteiger partial charge in [0.25, 0.3) is 5.71 Å². The Kier molecular flexibility index (Phi) is 4.26. The van der Waals surface area contributed by atoms with Crippen LogP contribution in [0.25, 0.3) is 22.4 Å². The molecule has 0 aliphatic heterocycles. The molecule has 3 aromatic heterocycles. The van der Waals surface area contributed by atoms with E-state index in [0.717, 1.165) is 42.8 Å². The molecule has 1 aliphatic rings. The fourth-order valence-corrected chi connectivity index (χ4v) is 3.68. The zero-order valence-electron chi connectivity index (χ0n) is 15.3. The third kappa shape index (κ3) is 3.00. The minimum absolute atomic E-state index is 0.0130. The zero-order valence-corrected chi connectivity index (χ0v) is 15.3. The maximum atomic E-state index is 12.9. The molecule has 6 nitrogen and oxygen atoms in total. The molecule has 6 heteroatoms. The number of ether oxygens (including phenoxy) is 1. The van der Waals surface area contributed by atoms with Gasteiger partial charge in [-0.05, 0) is 58.6 Å². The average Bonchev–Trinajstić information content (AvgIpc) is 3.17. The largest absolute Gasteiger partial charge is 0.466 e. The van der Waals surface area contributed by atoms with Crippen LogP contribution >= 0.6 is 0 Å². The van der Waals surface area contributed by atoms with Gasteiger partial charge in [-0.25, -0.2) is 9.78 Å². The van der Waals surface area contributed by atoms with Crippen molar-refractivity contribution in [2.45, 2.75) is 59.0 Å². The summed E-state index contributed by atoms with van der Waals surface area (Å²) < 4.78 is 16.7. The summed E-state index contributed by atoms with van der Waals surface area (Å²) in [6, 6.07) is 3.66. The normalized spacial score (nSPS) is 15.5. The van der Waals surface area contributed by atoms with Gasteiger partial charge in [0.05, 0.1) is 22.3 Å². The predicted octanol–water partition coefficient (Wildman–Crippen LogP) is 4.90. The number of aryl methyl sites for hydroxylation is 3. The van der Waals surface area contributed by atoms with E-state index in [1.54, 1.807) is 13.0 Å². The monoisotopic (exact) mass is 354 g/mol. The summed E-state index contributed by atoms with van der Waals surface area (Å²) in [6.45, 7) is 5.56. The maximum Gasteiger partial charge on any atom is 0.339 e. The Morgan fingerprint density at radius 1 is 1.15 bits per heavy atom. The lowest BCUT2D eigenvalue weighted by atomic mass is 9.97. The number of fused-ring (bicyclic) bond motifs is 1. The highest BCUT2D eigenvalue weighted by atomic mass is 16.5. The van der Waals surface area contributed by atoms with Crippen LogP contribution in [0.5, 0.6) is 0 Å². The quantitative estimate of drug-likeness (QED) is 0.623. The topological polar surface area (TPSA) is 78.4 Å². The first kappa shape index (κ1) is 16.8. The van der Waals surface area contributed by atoms with Crippen LogP contribution in [0.4, 0.5) is 0 Å². The van der Waals surface area contributed by atoms with Gasteiger partial charge in [-0.15, -0.1) is 0 Å². The van der Waals surface area contributed by atoms with Crippen molar-refractivity contribution in [3.8, 4) is 11.3 Å². The molecule has 1 fully saturated rings. The molecule has 0 aromatic carbocycles. The Hall–Kier alpha value is -2.63. The fraction of sp³-hybridized carbons (Fsp3) is 0.450. The van der Waals surface area contributed by atoms with Crippen molar-refractivity contribution >= 4 is 17.1 Å². The molecule has 0 radical (unpaired) electrons. The number of hydrogen-bond donors (Lipinski definition) is 0. The summed E-state index contributed by atoms with van der Waals surface area (Å²) in [4.78, 5) is 17.4. The zero-order chi connectivity index (χ0) is 18.3. The van der Waals surface area contributed by atoms with Crippen LogP contribution in [-0.2, 0) is 4.74 Å². The fourth-order valence-electron chi connectivity index (χ4n) is 3.68. The highest BCUT2D eigenvalue weighted by Gasteiger charge is 2.25. The average molecular weight is 354 g/mol. The molecule has 3 aromatic rings. The van der Waals surface area contributed by atoms with Crippen molar-refractivity contribution in [1.82, 2.24) is 10.1 Å². The molecule has 4 rings (SSSR count). The second-order valence-corrected chi connectivity index (χ2v) is 7.00. The smallest absolute Gasteiger partial charge is 0.339 e. The van der Waals surface area contributed by atoms with E-state index in [0.29, 0.717) is 28.1 Å². The highest BCUT2D eigenvalue weighted by Crippen LogP contribution is 2.31. The van der Waals surface area contributed by atoms with Gasteiger partial charge in [0.2, 0.25) is 0 Å². The number of pyridine rings is 1. The first-order valence-corrected chi connectivity index (χ1v) is 9.08. The Labute approximate surface area is 151 Å². The van der Waals surface area contributed by atoms with Crippen LogP contribution in [-0.4, -0.2) is 22.2 Å². The summed E-state index contributed by atoms with van der Waals surface area (Å²) in [5.74, 6) is 1.20. The highest BCUT2D eigenvalue weighted by molar-refractivity contribution is 6.04. The molecule has 3 heterocycles. The number of esters is 1. The molecule has 0 N–H and O–H groups in total. The molecule has 0 spiro atoms. The minimum atomic E-state index is -0.338. The summed E-state index contributed by atoms with van der Waals surface area (Å²) in [5, 5.41) is 4.60. The van der Waals surface area contributed by atoms with E-state index in [2.05, 4.69) is 10.1 Å². The van der Waals surface area contributed by atoms with E-state index in [9.17, 15) is 4.79 Å². The van der Waals surface area contributed by atoms with Crippen molar-refractivity contribution < 1.29 is 18.5 Å².